The van der Waals surface area contributed by atoms with Crippen molar-refractivity contribution in [3.05, 3.63) is 17.5 Å². The largest absolute Gasteiger partial charge is 0.361 e. The minimum Gasteiger partial charge on any atom is -0.361 e. The van der Waals surface area contributed by atoms with Crippen molar-refractivity contribution in [3.8, 4) is 0 Å². The zero-order valence-electron chi connectivity index (χ0n) is 9.85. The molecule has 1 unspecified atom stereocenters. The van der Waals surface area contributed by atoms with Crippen LogP contribution >= 0.6 is 0 Å². The Hall–Kier alpha value is -1.16. The summed E-state index contributed by atoms with van der Waals surface area (Å²) >= 11 is 0. The maximum absolute atomic E-state index is 10.5. The lowest BCUT2D eigenvalue weighted by molar-refractivity contribution is 0.111. The molecule has 0 spiro atoms. The fourth-order valence-electron chi connectivity index (χ4n) is 2.26. The average molecular weight is 222 g/mol. The molecular formula is C12H18N2O2. The summed E-state index contributed by atoms with van der Waals surface area (Å²) in [7, 11) is 0. The van der Waals surface area contributed by atoms with Crippen molar-refractivity contribution in [1.82, 2.24) is 10.1 Å². The number of hydrogen-bond acceptors (Lipinski definition) is 4. The average Bonchev–Trinajstić information content (AvgIpc) is 2.87. The molecule has 88 valence electrons. The molecular weight excluding hydrogens is 204 g/mol. The van der Waals surface area contributed by atoms with E-state index >= 15 is 0 Å². The molecule has 0 amide bonds. The third-order valence-corrected chi connectivity index (χ3v) is 3.24. The standard InChI is InChI=1S/C12H18N2O2/c1-9(2)14-4-3-10(7-14)5-12-6-11(8-15)13-16-12/h6,8-10H,3-5,7H2,1-2H3. The van der Waals surface area contributed by atoms with Crippen LogP contribution in [0.4, 0.5) is 0 Å². The van der Waals surface area contributed by atoms with E-state index in [0.717, 1.165) is 31.6 Å². The first-order valence-electron chi connectivity index (χ1n) is 5.84. The van der Waals surface area contributed by atoms with E-state index in [9.17, 15) is 4.79 Å². The Kier molecular flexibility index (Phi) is 3.39. The summed E-state index contributed by atoms with van der Waals surface area (Å²) < 4.78 is 5.11. The van der Waals surface area contributed by atoms with Gasteiger partial charge in [0.2, 0.25) is 0 Å². The summed E-state index contributed by atoms with van der Waals surface area (Å²) in [5.74, 6) is 1.47. The minimum absolute atomic E-state index is 0.397. The smallest absolute Gasteiger partial charge is 0.171 e. The van der Waals surface area contributed by atoms with Crippen LogP contribution in [0.25, 0.3) is 0 Å². The van der Waals surface area contributed by atoms with Gasteiger partial charge in [-0.2, -0.15) is 0 Å². The summed E-state index contributed by atoms with van der Waals surface area (Å²) in [4.78, 5) is 12.9. The number of likely N-dealkylation sites (tertiary alicyclic amines) is 1. The molecule has 2 rings (SSSR count). The Morgan fingerprint density at radius 3 is 3.06 bits per heavy atom. The van der Waals surface area contributed by atoms with E-state index in [1.807, 2.05) is 0 Å². The van der Waals surface area contributed by atoms with Gasteiger partial charge in [-0.1, -0.05) is 5.16 Å². The number of carbonyl (C=O) groups is 1. The molecule has 0 bridgehead atoms. The van der Waals surface area contributed by atoms with Crippen molar-refractivity contribution < 1.29 is 9.32 Å². The molecule has 0 radical (unpaired) electrons. The zero-order chi connectivity index (χ0) is 11.5. The van der Waals surface area contributed by atoms with Crippen LogP contribution in [0.2, 0.25) is 0 Å². The highest BCUT2D eigenvalue weighted by Gasteiger charge is 2.25. The molecule has 1 aliphatic rings. The van der Waals surface area contributed by atoms with E-state index < -0.39 is 0 Å². The molecule has 1 aromatic heterocycles. The van der Waals surface area contributed by atoms with Crippen molar-refractivity contribution in [1.29, 1.82) is 0 Å². The monoisotopic (exact) mass is 222 g/mol. The van der Waals surface area contributed by atoms with Gasteiger partial charge >= 0.3 is 0 Å². The third-order valence-electron chi connectivity index (χ3n) is 3.24. The van der Waals surface area contributed by atoms with Crippen molar-refractivity contribution in [2.45, 2.75) is 32.7 Å². The van der Waals surface area contributed by atoms with Gasteiger partial charge in [-0.15, -0.1) is 0 Å². The Balaban J connectivity index is 1.89. The first kappa shape index (κ1) is 11.3. The summed E-state index contributed by atoms with van der Waals surface area (Å²) in [6.45, 7) is 6.73. The molecule has 1 fully saturated rings. The van der Waals surface area contributed by atoms with Crippen molar-refractivity contribution in [3.63, 3.8) is 0 Å². The number of aldehydes is 1. The fourth-order valence-corrected chi connectivity index (χ4v) is 2.26. The van der Waals surface area contributed by atoms with Gasteiger partial charge in [0.05, 0.1) is 0 Å². The van der Waals surface area contributed by atoms with E-state index in [1.54, 1.807) is 6.07 Å². The SMILES string of the molecule is CC(C)N1CCC(Cc2cc(C=O)no2)C1. The molecule has 2 heterocycles. The number of aromatic nitrogens is 1. The quantitative estimate of drug-likeness (QED) is 0.728. The summed E-state index contributed by atoms with van der Waals surface area (Å²) in [6, 6.07) is 2.36. The lowest BCUT2D eigenvalue weighted by atomic mass is 10.0. The van der Waals surface area contributed by atoms with E-state index in [1.165, 1.54) is 6.42 Å². The van der Waals surface area contributed by atoms with Gasteiger partial charge < -0.3 is 9.42 Å². The van der Waals surface area contributed by atoms with Gasteiger partial charge in [0.15, 0.2) is 6.29 Å². The van der Waals surface area contributed by atoms with Crippen LogP contribution in [-0.2, 0) is 6.42 Å². The molecule has 0 aliphatic carbocycles. The van der Waals surface area contributed by atoms with Gasteiger partial charge in [0.25, 0.3) is 0 Å². The number of carbonyl (C=O) groups excluding carboxylic acids is 1. The Morgan fingerprint density at radius 2 is 2.50 bits per heavy atom. The van der Waals surface area contributed by atoms with Crippen LogP contribution in [-0.4, -0.2) is 35.5 Å². The van der Waals surface area contributed by atoms with Crippen LogP contribution in [0, 0.1) is 5.92 Å². The Labute approximate surface area is 95.6 Å². The Bertz CT molecular complexity index is 360. The molecule has 0 aromatic carbocycles. The molecule has 1 aromatic rings. The van der Waals surface area contributed by atoms with Gasteiger partial charge in [-0.25, -0.2) is 0 Å². The lowest BCUT2D eigenvalue weighted by Crippen LogP contribution is -2.28. The van der Waals surface area contributed by atoms with Crippen molar-refractivity contribution in [2.24, 2.45) is 5.92 Å². The molecule has 1 aliphatic heterocycles. The van der Waals surface area contributed by atoms with E-state index in [0.29, 0.717) is 17.7 Å². The number of hydrogen-bond donors (Lipinski definition) is 0. The predicted molar refractivity (Wildman–Crippen MR) is 60.4 cm³/mol. The maximum Gasteiger partial charge on any atom is 0.171 e. The summed E-state index contributed by atoms with van der Waals surface area (Å²) in [5, 5.41) is 3.67. The van der Waals surface area contributed by atoms with E-state index in [-0.39, 0.29) is 0 Å². The highest BCUT2D eigenvalue weighted by atomic mass is 16.5. The molecule has 0 N–H and O–H groups in total. The fraction of sp³-hybridized carbons (Fsp3) is 0.667. The second-order valence-corrected chi connectivity index (χ2v) is 4.78. The highest BCUT2D eigenvalue weighted by Crippen LogP contribution is 2.22. The maximum atomic E-state index is 10.5. The lowest BCUT2D eigenvalue weighted by Gasteiger charge is -2.19. The second-order valence-electron chi connectivity index (χ2n) is 4.78. The molecule has 16 heavy (non-hydrogen) atoms. The van der Waals surface area contributed by atoms with Gasteiger partial charge in [0.1, 0.15) is 11.5 Å². The van der Waals surface area contributed by atoms with Crippen LogP contribution in [0.3, 0.4) is 0 Å². The van der Waals surface area contributed by atoms with Crippen LogP contribution in [0.1, 0.15) is 36.5 Å². The van der Waals surface area contributed by atoms with E-state index in [2.05, 4.69) is 23.9 Å². The number of rotatable bonds is 4. The third kappa shape index (κ3) is 2.50. The summed E-state index contributed by atoms with van der Waals surface area (Å²) in [6.07, 6.45) is 2.82. The molecule has 1 saturated heterocycles. The van der Waals surface area contributed by atoms with Gasteiger partial charge in [-0.3, -0.25) is 4.79 Å². The second kappa shape index (κ2) is 4.78. The summed E-state index contributed by atoms with van der Waals surface area (Å²) in [5.41, 5.74) is 0.397. The molecule has 1 atom stereocenters. The molecule has 4 heteroatoms. The zero-order valence-corrected chi connectivity index (χ0v) is 9.85. The van der Waals surface area contributed by atoms with Crippen LogP contribution < -0.4 is 0 Å². The minimum atomic E-state index is 0.397. The van der Waals surface area contributed by atoms with Crippen molar-refractivity contribution >= 4 is 6.29 Å². The predicted octanol–water partition coefficient (Wildman–Crippen LogP) is 1.76. The highest BCUT2D eigenvalue weighted by molar-refractivity contribution is 5.71. The van der Waals surface area contributed by atoms with Gasteiger partial charge in [0, 0.05) is 25.1 Å². The van der Waals surface area contributed by atoms with Gasteiger partial charge in [-0.05, 0) is 32.7 Å². The first-order chi connectivity index (χ1) is 7.69. The number of nitrogens with zero attached hydrogens (tertiary/aromatic N) is 2. The van der Waals surface area contributed by atoms with Crippen LogP contribution in [0.15, 0.2) is 10.6 Å². The normalized spacial score (nSPS) is 21.8. The Morgan fingerprint density at radius 1 is 1.69 bits per heavy atom. The van der Waals surface area contributed by atoms with Crippen molar-refractivity contribution in [2.75, 3.05) is 13.1 Å². The molecule has 4 nitrogen and oxygen atoms in total. The molecule has 0 saturated carbocycles. The van der Waals surface area contributed by atoms with Crippen LogP contribution in [0.5, 0.6) is 0 Å². The first-order valence-corrected chi connectivity index (χ1v) is 5.84. The topological polar surface area (TPSA) is 46.3 Å². The van der Waals surface area contributed by atoms with E-state index in [4.69, 9.17) is 4.52 Å².